The third-order valence-corrected chi connectivity index (χ3v) is 5.45. The quantitative estimate of drug-likeness (QED) is 0.549. The minimum absolute atomic E-state index is 0.168. The maximum atomic E-state index is 12.0. The molecule has 1 heterocycles. The average molecular weight is 243 g/mol. The number of rotatable bonds is 5. The zero-order valence-electron chi connectivity index (χ0n) is 10.4. The average Bonchev–Trinajstić information content (AvgIpc) is 2.92. The van der Waals surface area contributed by atoms with E-state index < -0.39 is 14.8 Å². The van der Waals surface area contributed by atoms with E-state index in [0.29, 0.717) is 6.54 Å². The Kier molecular flexibility index (Phi) is 3.65. The lowest BCUT2D eigenvalue weighted by Gasteiger charge is -2.20. The summed E-state index contributed by atoms with van der Waals surface area (Å²) >= 11 is 0. The van der Waals surface area contributed by atoms with Gasteiger partial charge in [-0.3, -0.25) is 0 Å². The molecule has 3 nitrogen and oxygen atoms in total. The minimum atomic E-state index is -3.13. The van der Waals surface area contributed by atoms with E-state index in [2.05, 4.69) is 13.2 Å². The minimum Gasteiger partial charge on any atom is -0.212 e. The highest BCUT2D eigenvalue weighted by atomic mass is 32.2. The topological polar surface area (TPSA) is 37.1 Å². The van der Waals surface area contributed by atoms with Gasteiger partial charge in [-0.15, -0.1) is 0 Å². The molecule has 0 spiro atoms. The molecule has 1 saturated heterocycles. The van der Waals surface area contributed by atoms with Crippen molar-refractivity contribution < 1.29 is 8.42 Å². The fourth-order valence-corrected chi connectivity index (χ4v) is 3.07. The Morgan fingerprint density at radius 1 is 1.50 bits per heavy atom. The second-order valence-electron chi connectivity index (χ2n) is 5.24. The maximum absolute atomic E-state index is 12.0. The predicted octanol–water partition coefficient (Wildman–Crippen LogP) is 2.32. The molecule has 1 aliphatic heterocycles. The number of hydrogen-bond acceptors (Lipinski definition) is 2. The molecule has 0 amide bonds. The van der Waals surface area contributed by atoms with Gasteiger partial charge in [0.25, 0.3) is 0 Å². The molecule has 1 aliphatic rings. The normalized spacial score (nSPS) is 25.2. The largest absolute Gasteiger partial charge is 0.219 e. The Hall–Kier alpha value is -0.610. The fourth-order valence-electron chi connectivity index (χ4n) is 1.50. The summed E-state index contributed by atoms with van der Waals surface area (Å²) in [5.41, 5.74) is 0.972. The zero-order valence-corrected chi connectivity index (χ0v) is 11.2. The second-order valence-corrected chi connectivity index (χ2v) is 7.89. The van der Waals surface area contributed by atoms with E-state index >= 15 is 0 Å². The molecular weight excluding hydrogens is 222 g/mol. The van der Waals surface area contributed by atoms with Crippen molar-refractivity contribution in [2.45, 2.75) is 44.4 Å². The van der Waals surface area contributed by atoms with Crippen molar-refractivity contribution in [1.82, 2.24) is 4.31 Å². The van der Waals surface area contributed by atoms with Crippen LogP contribution < -0.4 is 0 Å². The second kappa shape index (κ2) is 4.34. The highest BCUT2D eigenvalue weighted by Crippen LogP contribution is 2.33. The summed E-state index contributed by atoms with van der Waals surface area (Å²) in [6, 6.07) is 0.168. The molecule has 0 aromatic carbocycles. The molecule has 16 heavy (non-hydrogen) atoms. The standard InChI is InChI=1S/C12H21NO2S/c1-6-10(2)7-8-11-9-13(11)16(14,15)12(3,4)5/h6,11H,1-2,7-9H2,3-5H3. The van der Waals surface area contributed by atoms with Crippen LogP contribution in [0.5, 0.6) is 0 Å². The highest BCUT2D eigenvalue weighted by molar-refractivity contribution is 7.90. The van der Waals surface area contributed by atoms with Crippen molar-refractivity contribution in [2.24, 2.45) is 0 Å². The molecule has 0 aromatic heterocycles. The first-order valence-electron chi connectivity index (χ1n) is 5.51. The number of sulfonamides is 1. The third-order valence-electron chi connectivity index (χ3n) is 2.83. The van der Waals surface area contributed by atoms with Gasteiger partial charge in [-0.2, -0.15) is 4.31 Å². The van der Waals surface area contributed by atoms with Gasteiger partial charge in [-0.25, -0.2) is 8.42 Å². The summed E-state index contributed by atoms with van der Waals surface area (Å²) in [5, 5.41) is 0. The van der Waals surface area contributed by atoms with Gasteiger partial charge in [0.15, 0.2) is 0 Å². The molecule has 0 radical (unpaired) electrons. The number of nitrogens with zero attached hydrogens (tertiary/aromatic N) is 1. The number of allylic oxidation sites excluding steroid dienone is 2. The van der Waals surface area contributed by atoms with Crippen LogP contribution in [-0.2, 0) is 10.0 Å². The first-order valence-corrected chi connectivity index (χ1v) is 6.96. The van der Waals surface area contributed by atoms with E-state index in [1.807, 2.05) is 0 Å². The van der Waals surface area contributed by atoms with Crippen LogP contribution in [0.3, 0.4) is 0 Å². The molecule has 0 saturated carbocycles. The molecule has 1 fully saturated rings. The molecular formula is C12H21NO2S. The van der Waals surface area contributed by atoms with Gasteiger partial charge in [-0.1, -0.05) is 24.8 Å². The van der Waals surface area contributed by atoms with Crippen molar-refractivity contribution in [1.29, 1.82) is 0 Å². The van der Waals surface area contributed by atoms with E-state index in [1.54, 1.807) is 31.2 Å². The van der Waals surface area contributed by atoms with Gasteiger partial charge < -0.3 is 0 Å². The molecule has 4 heteroatoms. The molecule has 2 unspecified atom stereocenters. The van der Waals surface area contributed by atoms with Crippen molar-refractivity contribution in [3.63, 3.8) is 0 Å². The summed E-state index contributed by atoms with van der Waals surface area (Å²) in [6.45, 7) is 13.3. The molecule has 0 aromatic rings. The fraction of sp³-hybridized carbons (Fsp3) is 0.667. The zero-order chi connectivity index (χ0) is 12.6. The molecule has 0 N–H and O–H groups in total. The Morgan fingerprint density at radius 2 is 2.06 bits per heavy atom. The third kappa shape index (κ3) is 2.74. The lowest BCUT2D eigenvalue weighted by Crippen LogP contribution is -2.34. The predicted molar refractivity (Wildman–Crippen MR) is 67.7 cm³/mol. The smallest absolute Gasteiger partial charge is 0.212 e. The van der Waals surface area contributed by atoms with Gasteiger partial charge in [0.1, 0.15) is 0 Å². The SMILES string of the molecule is C=CC(=C)CCC1CN1S(=O)(=O)C(C)(C)C. The lowest BCUT2D eigenvalue weighted by molar-refractivity contribution is 0.512. The summed E-state index contributed by atoms with van der Waals surface area (Å²) in [4.78, 5) is 0. The Morgan fingerprint density at radius 3 is 2.50 bits per heavy atom. The Labute approximate surface area is 98.9 Å². The van der Waals surface area contributed by atoms with E-state index in [9.17, 15) is 8.42 Å². The van der Waals surface area contributed by atoms with Crippen LogP contribution >= 0.6 is 0 Å². The van der Waals surface area contributed by atoms with Crippen LogP contribution in [0.25, 0.3) is 0 Å². The molecule has 1 rings (SSSR count). The van der Waals surface area contributed by atoms with E-state index in [4.69, 9.17) is 0 Å². The first kappa shape index (κ1) is 13.5. The Balaban J connectivity index is 2.52. The van der Waals surface area contributed by atoms with E-state index in [-0.39, 0.29) is 6.04 Å². The summed E-state index contributed by atoms with van der Waals surface area (Å²) in [5.74, 6) is 0. The summed E-state index contributed by atoms with van der Waals surface area (Å²) in [7, 11) is -3.13. The molecule has 0 aliphatic carbocycles. The Bertz CT molecular complexity index is 390. The van der Waals surface area contributed by atoms with Gasteiger partial charge in [0.2, 0.25) is 10.0 Å². The van der Waals surface area contributed by atoms with Gasteiger partial charge in [0.05, 0.1) is 4.75 Å². The van der Waals surface area contributed by atoms with Crippen LogP contribution in [0.2, 0.25) is 0 Å². The van der Waals surface area contributed by atoms with Crippen molar-refractivity contribution >= 4 is 10.0 Å². The molecule has 0 bridgehead atoms. The van der Waals surface area contributed by atoms with Crippen LogP contribution in [0.1, 0.15) is 33.6 Å². The van der Waals surface area contributed by atoms with E-state index in [0.717, 1.165) is 18.4 Å². The van der Waals surface area contributed by atoms with E-state index in [1.165, 1.54) is 0 Å². The van der Waals surface area contributed by atoms with Crippen LogP contribution in [0.4, 0.5) is 0 Å². The first-order chi connectivity index (χ1) is 7.20. The van der Waals surface area contributed by atoms with Crippen molar-refractivity contribution in [2.75, 3.05) is 6.54 Å². The van der Waals surface area contributed by atoms with Crippen molar-refractivity contribution in [3.8, 4) is 0 Å². The van der Waals surface area contributed by atoms with Crippen LogP contribution in [-0.4, -0.2) is 30.1 Å². The lowest BCUT2D eigenvalue weighted by atomic mass is 10.1. The van der Waals surface area contributed by atoms with Gasteiger partial charge in [0, 0.05) is 12.6 Å². The number of hydrogen-bond donors (Lipinski definition) is 0. The van der Waals surface area contributed by atoms with Crippen molar-refractivity contribution in [3.05, 3.63) is 24.8 Å². The monoisotopic (exact) mass is 243 g/mol. The molecule has 92 valence electrons. The van der Waals surface area contributed by atoms with Crippen LogP contribution in [0, 0.1) is 0 Å². The maximum Gasteiger partial charge on any atom is 0.219 e. The van der Waals surface area contributed by atoms with Crippen LogP contribution in [0.15, 0.2) is 24.8 Å². The highest BCUT2D eigenvalue weighted by Gasteiger charge is 2.48. The summed E-state index contributed by atoms with van der Waals surface area (Å²) in [6.07, 6.45) is 3.40. The van der Waals surface area contributed by atoms with Gasteiger partial charge >= 0.3 is 0 Å². The molecule has 2 atom stereocenters. The van der Waals surface area contributed by atoms with Gasteiger partial charge in [-0.05, 0) is 33.6 Å². The summed E-state index contributed by atoms with van der Waals surface area (Å²) < 4.78 is 24.9.